The van der Waals surface area contributed by atoms with E-state index in [1.54, 1.807) is 0 Å². The number of aliphatic hydroxyl groups excluding tert-OH is 1. The molecule has 2 aliphatic heterocycles. The summed E-state index contributed by atoms with van der Waals surface area (Å²) in [7, 11) is 0. The van der Waals surface area contributed by atoms with Crippen molar-refractivity contribution in [1.29, 1.82) is 0 Å². The number of β-amino-alcohol motifs (C(OH)–C–C–N with tert-alkyl or cyclic N) is 1. The van der Waals surface area contributed by atoms with E-state index in [1.165, 1.54) is 4.90 Å². The van der Waals surface area contributed by atoms with Gasteiger partial charge in [0.2, 0.25) is 11.8 Å². The Labute approximate surface area is 107 Å². The largest absolute Gasteiger partial charge is 0.395 e. The Hall–Kier alpha value is -0.980. The molecule has 0 saturated carbocycles. The van der Waals surface area contributed by atoms with Crippen LogP contribution in [0.15, 0.2) is 0 Å². The second kappa shape index (κ2) is 6.26. The number of hydrogen-bond acceptors (Lipinski definition) is 5. The van der Waals surface area contributed by atoms with Gasteiger partial charge in [-0.2, -0.15) is 0 Å². The summed E-state index contributed by atoms with van der Waals surface area (Å²) in [6, 6.07) is 0. The van der Waals surface area contributed by atoms with Gasteiger partial charge in [0.05, 0.1) is 6.61 Å². The van der Waals surface area contributed by atoms with Crippen LogP contribution in [0.4, 0.5) is 0 Å². The van der Waals surface area contributed by atoms with E-state index in [9.17, 15) is 9.59 Å². The van der Waals surface area contributed by atoms with Crippen molar-refractivity contribution in [3.05, 3.63) is 0 Å². The first-order valence-electron chi connectivity index (χ1n) is 6.59. The van der Waals surface area contributed by atoms with Crippen LogP contribution < -0.4 is 0 Å². The third kappa shape index (κ3) is 3.28. The van der Waals surface area contributed by atoms with Crippen molar-refractivity contribution in [2.75, 3.05) is 52.4 Å². The molecule has 0 aromatic carbocycles. The van der Waals surface area contributed by atoms with E-state index in [0.717, 1.165) is 39.3 Å². The maximum absolute atomic E-state index is 11.4. The average Bonchev–Trinajstić information content (AvgIpc) is 2.69. The van der Waals surface area contributed by atoms with Crippen molar-refractivity contribution in [3.8, 4) is 0 Å². The molecule has 2 aliphatic rings. The van der Waals surface area contributed by atoms with E-state index in [4.69, 9.17) is 5.11 Å². The zero-order valence-corrected chi connectivity index (χ0v) is 10.7. The van der Waals surface area contributed by atoms with Gasteiger partial charge in [0, 0.05) is 58.7 Å². The molecule has 0 aromatic rings. The number of likely N-dealkylation sites (tertiary alicyclic amines) is 1. The Balaban J connectivity index is 1.69. The third-order valence-electron chi connectivity index (χ3n) is 3.68. The number of piperazine rings is 1. The minimum absolute atomic E-state index is 0.0288. The minimum atomic E-state index is -0.0288. The lowest BCUT2D eigenvalue weighted by Gasteiger charge is -2.34. The molecule has 2 rings (SSSR count). The number of amides is 2. The SMILES string of the molecule is O=C1CCC(=O)N1CCN1CCN(CCO)CC1. The normalized spacial score (nSPS) is 23.1. The van der Waals surface area contributed by atoms with E-state index in [0.29, 0.717) is 19.4 Å². The van der Waals surface area contributed by atoms with Crippen LogP contribution in [-0.2, 0) is 9.59 Å². The Morgan fingerprint density at radius 2 is 1.33 bits per heavy atom. The Morgan fingerprint density at radius 3 is 1.83 bits per heavy atom. The van der Waals surface area contributed by atoms with E-state index in [1.807, 2.05) is 0 Å². The molecule has 6 heteroatoms. The van der Waals surface area contributed by atoms with Crippen LogP contribution in [-0.4, -0.2) is 84.0 Å². The fourth-order valence-corrected chi connectivity index (χ4v) is 2.49. The quantitative estimate of drug-likeness (QED) is 0.622. The zero-order chi connectivity index (χ0) is 13.0. The van der Waals surface area contributed by atoms with Crippen LogP contribution in [0, 0.1) is 0 Å². The van der Waals surface area contributed by atoms with E-state index < -0.39 is 0 Å². The average molecular weight is 255 g/mol. The first kappa shape index (κ1) is 13.5. The van der Waals surface area contributed by atoms with Gasteiger partial charge in [0.25, 0.3) is 0 Å². The first-order chi connectivity index (χ1) is 8.70. The van der Waals surface area contributed by atoms with Gasteiger partial charge < -0.3 is 5.11 Å². The molecule has 0 bridgehead atoms. The molecule has 102 valence electrons. The highest BCUT2D eigenvalue weighted by Crippen LogP contribution is 2.11. The van der Waals surface area contributed by atoms with E-state index in [2.05, 4.69) is 9.80 Å². The standard InChI is InChI=1S/C12H21N3O3/c16-10-9-14-5-3-13(4-6-14)7-8-15-11(17)1-2-12(15)18/h16H,1-10H2. The second-order valence-electron chi connectivity index (χ2n) is 4.85. The first-order valence-corrected chi connectivity index (χ1v) is 6.59. The maximum atomic E-state index is 11.4. The molecule has 2 saturated heterocycles. The summed E-state index contributed by atoms with van der Waals surface area (Å²) >= 11 is 0. The smallest absolute Gasteiger partial charge is 0.229 e. The van der Waals surface area contributed by atoms with Gasteiger partial charge >= 0.3 is 0 Å². The summed E-state index contributed by atoms with van der Waals surface area (Å²) in [5.41, 5.74) is 0. The molecule has 2 fully saturated rings. The predicted molar refractivity (Wildman–Crippen MR) is 65.9 cm³/mol. The van der Waals surface area contributed by atoms with Crippen LogP contribution in [0.25, 0.3) is 0 Å². The van der Waals surface area contributed by atoms with Gasteiger partial charge in [-0.05, 0) is 0 Å². The molecule has 0 radical (unpaired) electrons. The molecule has 6 nitrogen and oxygen atoms in total. The molecule has 0 atom stereocenters. The third-order valence-corrected chi connectivity index (χ3v) is 3.68. The lowest BCUT2D eigenvalue weighted by atomic mass is 10.3. The van der Waals surface area contributed by atoms with Gasteiger partial charge in [-0.3, -0.25) is 24.3 Å². The van der Waals surface area contributed by atoms with Crippen molar-refractivity contribution in [1.82, 2.24) is 14.7 Å². The highest BCUT2D eigenvalue weighted by molar-refractivity contribution is 6.01. The zero-order valence-electron chi connectivity index (χ0n) is 10.7. The molecule has 0 unspecified atom stereocenters. The number of imide groups is 1. The van der Waals surface area contributed by atoms with Gasteiger partial charge in [0.15, 0.2) is 0 Å². The van der Waals surface area contributed by atoms with Crippen molar-refractivity contribution in [2.45, 2.75) is 12.8 Å². The molecule has 2 heterocycles. The second-order valence-corrected chi connectivity index (χ2v) is 4.85. The molecular weight excluding hydrogens is 234 g/mol. The lowest BCUT2D eigenvalue weighted by molar-refractivity contribution is -0.138. The molecule has 0 aromatic heterocycles. The van der Waals surface area contributed by atoms with Crippen molar-refractivity contribution in [3.63, 3.8) is 0 Å². The monoisotopic (exact) mass is 255 g/mol. The summed E-state index contributed by atoms with van der Waals surface area (Å²) in [4.78, 5) is 28.8. The molecule has 0 spiro atoms. The van der Waals surface area contributed by atoms with Gasteiger partial charge in [-0.25, -0.2) is 0 Å². The van der Waals surface area contributed by atoms with E-state index in [-0.39, 0.29) is 18.4 Å². The summed E-state index contributed by atoms with van der Waals surface area (Å²) in [6.07, 6.45) is 0.756. The maximum Gasteiger partial charge on any atom is 0.229 e. The number of carbonyl (C=O) groups is 2. The fraction of sp³-hybridized carbons (Fsp3) is 0.833. The van der Waals surface area contributed by atoms with Crippen LogP contribution in [0.3, 0.4) is 0 Å². The summed E-state index contributed by atoms with van der Waals surface area (Å²) in [5.74, 6) is -0.0576. The molecule has 18 heavy (non-hydrogen) atoms. The summed E-state index contributed by atoms with van der Waals surface area (Å²) in [6.45, 7) is 6.01. The number of nitrogens with zero attached hydrogens (tertiary/aromatic N) is 3. The highest BCUT2D eigenvalue weighted by atomic mass is 16.3. The number of carbonyl (C=O) groups excluding carboxylic acids is 2. The topological polar surface area (TPSA) is 64.1 Å². The summed E-state index contributed by atoms with van der Waals surface area (Å²) < 4.78 is 0. The molecule has 1 N–H and O–H groups in total. The Kier molecular flexibility index (Phi) is 4.68. The van der Waals surface area contributed by atoms with E-state index >= 15 is 0 Å². The predicted octanol–water partition coefficient (Wildman–Crippen LogP) is -1.25. The van der Waals surface area contributed by atoms with Crippen LogP contribution >= 0.6 is 0 Å². The van der Waals surface area contributed by atoms with Crippen LogP contribution in [0.1, 0.15) is 12.8 Å². The molecule has 2 amide bonds. The lowest BCUT2D eigenvalue weighted by Crippen LogP contribution is -2.49. The van der Waals surface area contributed by atoms with Crippen molar-refractivity contribution < 1.29 is 14.7 Å². The van der Waals surface area contributed by atoms with Crippen LogP contribution in [0.5, 0.6) is 0 Å². The van der Waals surface area contributed by atoms with Crippen molar-refractivity contribution in [2.24, 2.45) is 0 Å². The molecular formula is C12H21N3O3. The Bertz CT molecular complexity index is 298. The van der Waals surface area contributed by atoms with Crippen molar-refractivity contribution >= 4 is 11.8 Å². The number of hydrogen-bond donors (Lipinski definition) is 1. The van der Waals surface area contributed by atoms with Gasteiger partial charge in [-0.15, -0.1) is 0 Å². The number of aliphatic hydroxyl groups is 1. The van der Waals surface area contributed by atoms with Crippen LogP contribution in [0.2, 0.25) is 0 Å². The van der Waals surface area contributed by atoms with Gasteiger partial charge in [-0.1, -0.05) is 0 Å². The minimum Gasteiger partial charge on any atom is -0.395 e. The fourth-order valence-electron chi connectivity index (χ4n) is 2.49. The highest BCUT2D eigenvalue weighted by Gasteiger charge is 2.29. The van der Waals surface area contributed by atoms with Gasteiger partial charge in [0.1, 0.15) is 0 Å². The summed E-state index contributed by atoms with van der Waals surface area (Å²) in [5, 5.41) is 8.85. The number of rotatable bonds is 5. The molecule has 0 aliphatic carbocycles. The Morgan fingerprint density at radius 1 is 0.833 bits per heavy atom.